The summed E-state index contributed by atoms with van der Waals surface area (Å²) in [4.78, 5) is 4.28. The first kappa shape index (κ1) is 13.8. The van der Waals surface area contributed by atoms with Crippen LogP contribution in [0.15, 0.2) is 36.5 Å². The summed E-state index contributed by atoms with van der Waals surface area (Å²) >= 11 is 6.14. The Balaban J connectivity index is 2.24. The van der Waals surface area contributed by atoms with Crippen LogP contribution in [0.1, 0.15) is 22.9 Å². The number of ether oxygens (including phenoxy) is 1. The highest BCUT2D eigenvalue weighted by Gasteiger charge is 2.13. The Kier molecular flexibility index (Phi) is 4.40. The molecule has 4 heteroatoms. The Morgan fingerprint density at radius 2 is 1.95 bits per heavy atom. The normalized spacial score (nSPS) is 12.2. The van der Waals surface area contributed by atoms with Gasteiger partial charge in [0.15, 0.2) is 6.10 Å². The van der Waals surface area contributed by atoms with E-state index in [9.17, 15) is 0 Å². The summed E-state index contributed by atoms with van der Waals surface area (Å²) in [7, 11) is 0. The van der Waals surface area contributed by atoms with Crippen molar-refractivity contribution in [3.63, 3.8) is 0 Å². The van der Waals surface area contributed by atoms with Gasteiger partial charge in [-0.15, -0.1) is 0 Å². The largest absolute Gasteiger partial charge is 0.483 e. The van der Waals surface area contributed by atoms with Crippen LogP contribution in [0.5, 0.6) is 5.75 Å². The number of nitrogens with zero attached hydrogens (tertiary/aromatic N) is 1. The number of hydrogen-bond donors (Lipinski definition) is 1. The molecule has 19 heavy (non-hydrogen) atoms. The molecule has 1 unspecified atom stereocenters. The predicted molar refractivity (Wildman–Crippen MR) is 77.6 cm³/mol. The highest BCUT2D eigenvalue weighted by Crippen LogP contribution is 2.28. The third-order valence-corrected chi connectivity index (χ3v) is 3.52. The smallest absolute Gasteiger partial charge is 0.153 e. The number of halogens is 1. The third kappa shape index (κ3) is 3.25. The maximum Gasteiger partial charge on any atom is 0.153 e. The molecule has 1 aromatic carbocycles. The lowest BCUT2D eigenvalue weighted by molar-refractivity contribution is 0.209. The topological polar surface area (TPSA) is 48.1 Å². The second-order valence-electron chi connectivity index (χ2n) is 4.47. The van der Waals surface area contributed by atoms with E-state index in [1.807, 2.05) is 44.2 Å². The second kappa shape index (κ2) is 6.04. The number of hydrogen-bond acceptors (Lipinski definition) is 3. The lowest BCUT2D eigenvalue weighted by Crippen LogP contribution is -2.19. The molecule has 0 radical (unpaired) electrons. The van der Waals surface area contributed by atoms with Crippen LogP contribution in [0.3, 0.4) is 0 Å². The van der Waals surface area contributed by atoms with Crippen molar-refractivity contribution in [1.29, 1.82) is 0 Å². The van der Waals surface area contributed by atoms with Gasteiger partial charge in [-0.05, 0) is 49.2 Å². The van der Waals surface area contributed by atoms with Crippen LogP contribution in [0.4, 0.5) is 0 Å². The standard InChI is InChI=1S/C15H17ClN2O/c1-10-7-12(8-11(2)15(10)16)19-14(9-17)13-5-3-4-6-18-13/h3-8,14H,9,17H2,1-2H3. The number of nitrogens with two attached hydrogens (primary N) is 1. The van der Waals surface area contributed by atoms with E-state index in [0.717, 1.165) is 27.6 Å². The van der Waals surface area contributed by atoms with Gasteiger partial charge in [-0.25, -0.2) is 0 Å². The Labute approximate surface area is 118 Å². The minimum absolute atomic E-state index is 0.249. The Morgan fingerprint density at radius 1 is 1.26 bits per heavy atom. The molecule has 0 aliphatic carbocycles. The van der Waals surface area contributed by atoms with Gasteiger partial charge in [-0.2, -0.15) is 0 Å². The van der Waals surface area contributed by atoms with Gasteiger partial charge in [-0.3, -0.25) is 4.98 Å². The molecule has 1 heterocycles. The van der Waals surface area contributed by atoms with E-state index in [1.54, 1.807) is 6.20 Å². The maximum absolute atomic E-state index is 6.14. The average Bonchev–Trinajstić information content (AvgIpc) is 2.43. The molecular weight excluding hydrogens is 260 g/mol. The fourth-order valence-corrected chi connectivity index (χ4v) is 2.04. The van der Waals surface area contributed by atoms with Crippen LogP contribution in [0, 0.1) is 13.8 Å². The van der Waals surface area contributed by atoms with E-state index in [0.29, 0.717) is 6.54 Å². The first-order valence-corrected chi connectivity index (χ1v) is 6.54. The first-order chi connectivity index (χ1) is 9.11. The predicted octanol–water partition coefficient (Wildman–Crippen LogP) is 3.43. The molecule has 0 saturated heterocycles. The van der Waals surface area contributed by atoms with E-state index < -0.39 is 0 Å². The van der Waals surface area contributed by atoms with Gasteiger partial charge in [0.1, 0.15) is 5.75 Å². The monoisotopic (exact) mass is 276 g/mol. The number of benzene rings is 1. The van der Waals surface area contributed by atoms with Gasteiger partial charge in [0.05, 0.1) is 5.69 Å². The van der Waals surface area contributed by atoms with Crippen LogP contribution in [0.2, 0.25) is 5.02 Å². The van der Waals surface area contributed by atoms with Gasteiger partial charge >= 0.3 is 0 Å². The van der Waals surface area contributed by atoms with Gasteiger partial charge in [0.2, 0.25) is 0 Å². The maximum atomic E-state index is 6.14. The van der Waals surface area contributed by atoms with Crippen LogP contribution in [0.25, 0.3) is 0 Å². The molecule has 1 aromatic heterocycles. The van der Waals surface area contributed by atoms with Crippen molar-refractivity contribution in [1.82, 2.24) is 4.98 Å². The van der Waals surface area contributed by atoms with Crippen LogP contribution in [-0.2, 0) is 0 Å². The summed E-state index contributed by atoms with van der Waals surface area (Å²) in [6, 6.07) is 9.54. The third-order valence-electron chi connectivity index (χ3n) is 2.92. The number of aryl methyl sites for hydroxylation is 2. The molecule has 100 valence electrons. The van der Waals surface area contributed by atoms with Gasteiger partial charge in [-0.1, -0.05) is 17.7 Å². The molecule has 0 saturated carbocycles. The van der Waals surface area contributed by atoms with Crippen molar-refractivity contribution in [2.24, 2.45) is 5.73 Å². The molecule has 0 aliphatic heterocycles. The lowest BCUT2D eigenvalue weighted by atomic mass is 10.1. The molecule has 2 N–H and O–H groups in total. The molecule has 0 spiro atoms. The van der Waals surface area contributed by atoms with E-state index >= 15 is 0 Å². The van der Waals surface area contributed by atoms with Gasteiger partial charge in [0, 0.05) is 17.8 Å². The van der Waals surface area contributed by atoms with E-state index in [1.165, 1.54) is 0 Å². The van der Waals surface area contributed by atoms with Crippen LogP contribution < -0.4 is 10.5 Å². The molecule has 2 aromatic rings. The number of aromatic nitrogens is 1. The zero-order valence-electron chi connectivity index (χ0n) is 11.1. The number of rotatable bonds is 4. The van der Waals surface area contributed by atoms with Crippen molar-refractivity contribution >= 4 is 11.6 Å². The summed E-state index contributed by atoms with van der Waals surface area (Å²) in [6.07, 6.45) is 1.49. The Bertz CT molecular complexity index is 534. The summed E-state index contributed by atoms with van der Waals surface area (Å²) in [6.45, 7) is 4.29. The zero-order chi connectivity index (χ0) is 13.8. The molecule has 0 fully saturated rings. The summed E-state index contributed by atoms with van der Waals surface area (Å²) in [5.41, 5.74) is 8.58. The minimum atomic E-state index is -0.249. The summed E-state index contributed by atoms with van der Waals surface area (Å²) in [5, 5.41) is 0.773. The fourth-order valence-electron chi connectivity index (χ4n) is 1.93. The highest BCUT2D eigenvalue weighted by molar-refractivity contribution is 6.32. The van der Waals surface area contributed by atoms with Crippen molar-refractivity contribution in [2.75, 3.05) is 6.54 Å². The molecule has 0 amide bonds. The number of pyridine rings is 1. The molecule has 1 atom stereocenters. The van der Waals surface area contributed by atoms with Crippen molar-refractivity contribution in [3.8, 4) is 5.75 Å². The van der Waals surface area contributed by atoms with E-state index in [2.05, 4.69) is 4.98 Å². The van der Waals surface area contributed by atoms with Crippen molar-refractivity contribution in [3.05, 3.63) is 58.4 Å². The van der Waals surface area contributed by atoms with Crippen molar-refractivity contribution in [2.45, 2.75) is 20.0 Å². The van der Waals surface area contributed by atoms with Gasteiger partial charge < -0.3 is 10.5 Å². The minimum Gasteiger partial charge on any atom is -0.483 e. The van der Waals surface area contributed by atoms with E-state index in [-0.39, 0.29) is 6.10 Å². The Morgan fingerprint density at radius 3 is 2.47 bits per heavy atom. The second-order valence-corrected chi connectivity index (χ2v) is 4.85. The molecule has 3 nitrogen and oxygen atoms in total. The van der Waals surface area contributed by atoms with Crippen LogP contribution >= 0.6 is 11.6 Å². The highest BCUT2D eigenvalue weighted by atomic mass is 35.5. The fraction of sp³-hybridized carbons (Fsp3) is 0.267. The molecule has 0 aliphatic rings. The SMILES string of the molecule is Cc1cc(OC(CN)c2ccccn2)cc(C)c1Cl. The zero-order valence-corrected chi connectivity index (χ0v) is 11.8. The molecule has 2 rings (SSSR count). The summed E-state index contributed by atoms with van der Waals surface area (Å²) in [5.74, 6) is 0.764. The quantitative estimate of drug-likeness (QED) is 0.931. The van der Waals surface area contributed by atoms with Crippen LogP contribution in [-0.4, -0.2) is 11.5 Å². The average molecular weight is 277 g/mol. The van der Waals surface area contributed by atoms with E-state index in [4.69, 9.17) is 22.1 Å². The molecule has 0 bridgehead atoms. The first-order valence-electron chi connectivity index (χ1n) is 6.16. The van der Waals surface area contributed by atoms with Crippen molar-refractivity contribution < 1.29 is 4.74 Å². The molecular formula is C15H17ClN2O. The lowest BCUT2D eigenvalue weighted by Gasteiger charge is -2.18. The Hall–Kier alpha value is -1.58. The van der Waals surface area contributed by atoms with Gasteiger partial charge in [0.25, 0.3) is 0 Å². The summed E-state index contributed by atoms with van der Waals surface area (Å²) < 4.78 is 5.92.